The van der Waals surface area contributed by atoms with E-state index >= 15 is 0 Å². The molecule has 0 spiro atoms. The number of aromatic nitrogens is 2. The smallest absolute Gasteiger partial charge is 0.316 e. The fraction of sp³-hybridized carbons (Fsp3) is 0.417. The Morgan fingerprint density at radius 2 is 2.00 bits per heavy atom. The molecule has 17 heavy (non-hydrogen) atoms. The van der Waals surface area contributed by atoms with Crippen LogP contribution in [-0.4, -0.2) is 30.2 Å². The van der Waals surface area contributed by atoms with Crippen molar-refractivity contribution in [2.75, 3.05) is 25.1 Å². The number of hydrogen-bond acceptors (Lipinski definition) is 5. The zero-order valence-corrected chi connectivity index (χ0v) is 9.76. The van der Waals surface area contributed by atoms with Crippen molar-refractivity contribution in [2.45, 2.75) is 12.8 Å². The molecule has 0 atom stereocenters. The van der Waals surface area contributed by atoms with Crippen LogP contribution < -0.4 is 9.64 Å². The van der Waals surface area contributed by atoms with Crippen LogP contribution in [0.25, 0.3) is 0 Å². The van der Waals surface area contributed by atoms with E-state index in [0.717, 1.165) is 31.6 Å². The molecule has 5 nitrogen and oxygen atoms in total. The third-order valence-electron chi connectivity index (χ3n) is 2.84. The zero-order valence-electron chi connectivity index (χ0n) is 9.76. The van der Waals surface area contributed by atoms with E-state index < -0.39 is 0 Å². The van der Waals surface area contributed by atoms with E-state index in [0.29, 0.717) is 6.01 Å². The van der Waals surface area contributed by atoms with Crippen molar-refractivity contribution < 1.29 is 4.74 Å². The fourth-order valence-corrected chi connectivity index (χ4v) is 1.87. The third-order valence-corrected chi connectivity index (χ3v) is 2.84. The highest BCUT2D eigenvalue weighted by atomic mass is 16.5. The van der Waals surface area contributed by atoms with Crippen LogP contribution in [0.15, 0.2) is 24.0 Å². The van der Waals surface area contributed by atoms with Crippen LogP contribution in [0.4, 0.5) is 5.69 Å². The van der Waals surface area contributed by atoms with E-state index in [1.54, 1.807) is 25.6 Å². The normalized spacial score (nSPS) is 15.3. The summed E-state index contributed by atoms with van der Waals surface area (Å²) in [5, 5.41) is 8.59. The molecule has 0 aliphatic carbocycles. The second-order valence-corrected chi connectivity index (χ2v) is 3.85. The standard InChI is InChI=1S/C12H14N4O/c1-17-12-14-8-11(9-15-12)16-6-3-10(2-5-13)4-7-16/h2,8-9H,3-4,6-7H2,1H3. The van der Waals surface area contributed by atoms with Gasteiger partial charge in [-0.25, -0.2) is 9.97 Å². The molecule has 1 aromatic rings. The maximum atomic E-state index is 8.59. The van der Waals surface area contributed by atoms with Crippen LogP contribution in [0, 0.1) is 11.3 Å². The first-order valence-corrected chi connectivity index (χ1v) is 5.52. The molecule has 0 aromatic carbocycles. The van der Waals surface area contributed by atoms with Crippen LogP contribution >= 0.6 is 0 Å². The number of anilines is 1. The Bertz CT molecular complexity index is 437. The molecular formula is C12H14N4O. The van der Waals surface area contributed by atoms with Gasteiger partial charge in [0.2, 0.25) is 0 Å². The first-order valence-electron chi connectivity index (χ1n) is 5.52. The molecule has 2 rings (SSSR count). The Kier molecular flexibility index (Phi) is 3.55. The summed E-state index contributed by atoms with van der Waals surface area (Å²) in [6, 6.07) is 2.47. The molecule has 0 radical (unpaired) electrons. The van der Waals surface area contributed by atoms with Crippen molar-refractivity contribution in [2.24, 2.45) is 0 Å². The van der Waals surface area contributed by atoms with E-state index in [1.165, 1.54) is 5.57 Å². The highest BCUT2D eigenvalue weighted by Gasteiger charge is 2.14. The lowest BCUT2D eigenvalue weighted by Crippen LogP contribution is -2.30. The number of allylic oxidation sites excluding steroid dienone is 1. The Morgan fingerprint density at radius 3 is 2.53 bits per heavy atom. The highest BCUT2D eigenvalue weighted by molar-refractivity contribution is 5.44. The molecule has 0 bridgehead atoms. The molecule has 1 fully saturated rings. The average Bonchev–Trinajstić information content (AvgIpc) is 2.40. The maximum Gasteiger partial charge on any atom is 0.316 e. The molecular weight excluding hydrogens is 216 g/mol. The first-order chi connectivity index (χ1) is 8.33. The van der Waals surface area contributed by atoms with Crippen molar-refractivity contribution in [3.05, 3.63) is 24.0 Å². The van der Waals surface area contributed by atoms with Crippen molar-refractivity contribution in [1.82, 2.24) is 9.97 Å². The van der Waals surface area contributed by atoms with Gasteiger partial charge in [-0.1, -0.05) is 5.57 Å². The van der Waals surface area contributed by atoms with Crippen LogP contribution in [0.2, 0.25) is 0 Å². The topological polar surface area (TPSA) is 62.0 Å². The summed E-state index contributed by atoms with van der Waals surface area (Å²) < 4.78 is 4.92. The van der Waals surface area contributed by atoms with Gasteiger partial charge in [-0.2, -0.15) is 5.26 Å². The zero-order chi connectivity index (χ0) is 12.1. The highest BCUT2D eigenvalue weighted by Crippen LogP contribution is 2.21. The summed E-state index contributed by atoms with van der Waals surface area (Å²) in [6.07, 6.45) is 7.05. The van der Waals surface area contributed by atoms with Gasteiger partial charge >= 0.3 is 6.01 Å². The summed E-state index contributed by atoms with van der Waals surface area (Å²) in [4.78, 5) is 10.4. The predicted molar refractivity (Wildman–Crippen MR) is 63.7 cm³/mol. The van der Waals surface area contributed by atoms with Gasteiger partial charge in [0.25, 0.3) is 0 Å². The van der Waals surface area contributed by atoms with Crippen molar-refractivity contribution >= 4 is 5.69 Å². The van der Waals surface area contributed by atoms with Gasteiger partial charge in [0, 0.05) is 19.2 Å². The van der Waals surface area contributed by atoms with Crippen LogP contribution in [0.5, 0.6) is 6.01 Å². The average molecular weight is 230 g/mol. The minimum Gasteiger partial charge on any atom is -0.467 e. The second kappa shape index (κ2) is 5.30. The third kappa shape index (κ3) is 2.72. The minimum absolute atomic E-state index is 0.385. The number of nitrogens with zero attached hydrogens (tertiary/aromatic N) is 4. The molecule has 2 heterocycles. The molecule has 5 heteroatoms. The fourth-order valence-electron chi connectivity index (χ4n) is 1.87. The predicted octanol–water partition coefficient (Wildman–Crippen LogP) is 1.54. The SMILES string of the molecule is COc1ncc(N2CCC(=CC#N)CC2)cn1. The van der Waals surface area contributed by atoms with Crippen molar-refractivity contribution in [3.8, 4) is 12.1 Å². The molecule has 0 unspecified atom stereocenters. The Hall–Kier alpha value is -2.09. The summed E-state index contributed by atoms with van der Waals surface area (Å²) in [7, 11) is 1.55. The van der Waals surface area contributed by atoms with E-state index in [2.05, 4.69) is 20.9 Å². The lowest BCUT2D eigenvalue weighted by atomic mass is 10.0. The monoisotopic (exact) mass is 230 g/mol. The summed E-state index contributed by atoms with van der Waals surface area (Å²) in [6.45, 7) is 1.81. The Morgan fingerprint density at radius 1 is 1.35 bits per heavy atom. The quantitative estimate of drug-likeness (QED) is 0.721. The van der Waals surface area contributed by atoms with E-state index in [9.17, 15) is 0 Å². The number of ether oxygens (including phenoxy) is 1. The molecule has 1 saturated heterocycles. The largest absolute Gasteiger partial charge is 0.467 e. The van der Waals surface area contributed by atoms with Crippen molar-refractivity contribution in [3.63, 3.8) is 0 Å². The van der Waals surface area contributed by atoms with Gasteiger partial charge in [-0.05, 0) is 12.8 Å². The van der Waals surface area contributed by atoms with Gasteiger partial charge in [-0.3, -0.25) is 0 Å². The van der Waals surface area contributed by atoms with Gasteiger partial charge < -0.3 is 9.64 Å². The molecule has 88 valence electrons. The summed E-state index contributed by atoms with van der Waals surface area (Å²) in [5.74, 6) is 0. The van der Waals surface area contributed by atoms with Gasteiger partial charge in [0.1, 0.15) is 0 Å². The Labute approximate surface area is 100 Å². The molecule has 0 saturated carbocycles. The van der Waals surface area contributed by atoms with Crippen molar-refractivity contribution in [1.29, 1.82) is 5.26 Å². The van der Waals surface area contributed by atoms with E-state index in [4.69, 9.17) is 10.00 Å². The van der Waals surface area contributed by atoms with E-state index in [-0.39, 0.29) is 0 Å². The van der Waals surface area contributed by atoms with Gasteiger partial charge in [0.15, 0.2) is 0 Å². The van der Waals surface area contributed by atoms with Gasteiger partial charge in [0.05, 0.1) is 31.3 Å². The van der Waals surface area contributed by atoms with Crippen LogP contribution in [0.3, 0.4) is 0 Å². The van der Waals surface area contributed by atoms with Crippen LogP contribution in [0.1, 0.15) is 12.8 Å². The molecule has 1 aromatic heterocycles. The number of piperidine rings is 1. The molecule has 0 N–H and O–H groups in total. The number of hydrogen-bond donors (Lipinski definition) is 0. The molecule has 1 aliphatic rings. The van der Waals surface area contributed by atoms with Crippen LogP contribution in [-0.2, 0) is 0 Å². The van der Waals surface area contributed by atoms with Gasteiger partial charge in [-0.15, -0.1) is 0 Å². The minimum atomic E-state index is 0.385. The summed E-state index contributed by atoms with van der Waals surface area (Å²) in [5.41, 5.74) is 2.22. The molecule has 0 amide bonds. The number of rotatable bonds is 2. The lowest BCUT2D eigenvalue weighted by Gasteiger charge is -2.29. The first kappa shape index (κ1) is 11.4. The second-order valence-electron chi connectivity index (χ2n) is 3.85. The summed E-state index contributed by atoms with van der Waals surface area (Å²) >= 11 is 0. The lowest BCUT2D eigenvalue weighted by molar-refractivity contribution is 0.379. The number of nitriles is 1. The Balaban J connectivity index is 2.00. The van der Waals surface area contributed by atoms with E-state index in [1.807, 2.05) is 0 Å². The molecule has 1 aliphatic heterocycles. The maximum absolute atomic E-state index is 8.59. The number of methoxy groups -OCH3 is 1.